The normalized spacial score (nSPS) is 10.4. The molecule has 0 unspecified atom stereocenters. The van der Waals surface area contributed by atoms with Crippen LogP contribution < -0.4 is 11.0 Å². The van der Waals surface area contributed by atoms with Gasteiger partial charge in [-0.3, -0.25) is 4.79 Å². The van der Waals surface area contributed by atoms with E-state index in [9.17, 15) is 9.59 Å². The lowest BCUT2D eigenvalue weighted by Crippen LogP contribution is -2.29. The SMILES string of the molecule is C#CCn1nnc2c(C(=O)Nc3ccccc3S)ncn2c1=O. The smallest absolute Gasteiger partial charge is 0.319 e. The predicted octanol–water partition coefficient (Wildman–Crippen LogP) is 0.460. The molecule has 0 aliphatic rings. The Morgan fingerprint density at radius 2 is 2.17 bits per heavy atom. The van der Waals surface area contributed by atoms with Crippen LogP contribution >= 0.6 is 12.6 Å². The summed E-state index contributed by atoms with van der Waals surface area (Å²) in [5.74, 6) is 1.78. The summed E-state index contributed by atoms with van der Waals surface area (Å²) in [6.07, 6.45) is 6.36. The van der Waals surface area contributed by atoms with Crippen molar-refractivity contribution in [2.45, 2.75) is 11.4 Å². The monoisotopic (exact) mass is 326 g/mol. The second-order valence-corrected chi connectivity index (χ2v) is 4.97. The van der Waals surface area contributed by atoms with Gasteiger partial charge in [0, 0.05) is 4.90 Å². The molecule has 1 amide bonds. The van der Waals surface area contributed by atoms with Crippen molar-refractivity contribution in [2.75, 3.05) is 5.32 Å². The molecule has 0 aliphatic carbocycles. The van der Waals surface area contributed by atoms with E-state index in [1.165, 1.54) is 6.33 Å². The van der Waals surface area contributed by atoms with Gasteiger partial charge in [-0.25, -0.2) is 14.2 Å². The van der Waals surface area contributed by atoms with E-state index < -0.39 is 11.6 Å². The molecule has 2 aromatic heterocycles. The van der Waals surface area contributed by atoms with Gasteiger partial charge in [-0.15, -0.1) is 24.2 Å². The van der Waals surface area contributed by atoms with Crippen LogP contribution in [-0.2, 0) is 6.54 Å². The number of anilines is 1. The standard InChI is InChI=1S/C14H10N6O2S/c1-2-7-20-14(22)19-8-15-11(12(19)17-18-20)13(21)16-9-5-3-4-6-10(9)23/h1,3-6,8,23H,7H2,(H,16,21). The van der Waals surface area contributed by atoms with Crippen molar-refractivity contribution in [3.05, 3.63) is 46.8 Å². The number of rotatable bonds is 3. The number of aromatic nitrogens is 5. The van der Waals surface area contributed by atoms with Gasteiger partial charge in [0.05, 0.1) is 5.69 Å². The first-order chi connectivity index (χ1) is 11.1. The molecular weight excluding hydrogens is 316 g/mol. The molecule has 3 rings (SSSR count). The number of imidazole rings is 1. The number of nitrogens with zero attached hydrogens (tertiary/aromatic N) is 5. The highest BCUT2D eigenvalue weighted by atomic mass is 32.1. The van der Waals surface area contributed by atoms with Crippen molar-refractivity contribution in [3.8, 4) is 12.3 Å². The number of carbonyl (C=O) groups is 1. The van der Waals surface area contributed by atoms with E-state index in [1.807, 2.05) is 0 Å². The molecule has 2 heterocycles. The van der Waals surface area contributed by atoms with E-state index >= 15 is 0 Å². The molecular formula is C14H10N6O2S. The fourth-order valence-electron chi connectivity index (χ4n) is 1.94. The highest BCUT2D eigenvalue weighted by Crippen LogP contribution is 2.19. The van der Waals surface area contributed by atoms with E-state index in [4.69, 9.17) is 6.42 Å². The Balaban J connectivity index is 1.99. The van der Waals surface area contributed by atoms with Crippen molar-refractivity contribution in [1.82, 2.24) is 24.4 Å². The average Bonchev–Trinajstić information content (AvgIpc) is 2.97. The topological polar surface area (TPSA) is 94.2 Å². The number of hydrogen-bond acceptors (Lipinski definition) is 6. The van der Waals surface area contributed by atoms with Crippen molar-refractivity contribution >= 4 is 29.9 Å². The molecule has 114 valence electrons. The van der Waals surface area contributed by atoms with Gasteiger partial charge in [-0.2, -0.15) is 4.68 Å². The number of nitrogens with one attached hydrogen (secondary N) is 1. The van der Waals surface area contributed by atoms with Gasteiger partial charge >= 0.3 is 5.69 Å². The van der Waals surface area contributed by atoms with Crippen LogP contribution in [0.15, 0.2) is 40.3 Å². The number of fused-ring (bicyclic) bond motifs is 1. The molecule has 0 aliphatic heterocycles. The van der Waals surface area contributed by atoms with Gasteiger partial charge in [-0.05, 0) is 12.1 Å². The quantitative estimate of drug-likeness (QED) is 0.539. The first kappa shape index (κ1) is 14.8. The molecule has 0 radical (unpaired) electrons. The number of terminal acetylenes is 1. The maximum Gasteiger partial charge on any atom is 0.353 e. The molecule has 0 fully saturated rings. The summed E-state index contributed by atoms with van der Waals surface area (Å²) >= 11 is 4.26. The first-order valence-electron chi connectivity index (χ1n) is 6.45. The lowest BCUT2D eigenvalue weighted by atomic mass is 10.3. The fraction of sp³-hybridized carbons (Fsp3) is 0.0714. The van der Waals surface area contributed by atoms with E-state index in [0.29, 0.717) is 10.6 Å². The fourth-order valence-corrected chi connectivity index (χ4v) is 2.16. The zero-order chi connectivity index (χ0) is 16.4. The number of carbonyl (C=O) groups excluding carboxylic acids is 1. The van der Waals surface area contributed by atoms with Gasteiger partial charge in [-0.1, -0.05) is 23.3 Å². The summed E-state index contributed by atoms with van der Waals surface area (Å²) in [6, 6.07) is 6.99. The molecule has 0 atom stereocenters. The minimum atomic E-state index is -0.519. The molecule has 0 saturated heterocycles. The Labute approximate surface area is 135 Å². The molecule has 0 bridgehead atoms. The van der Waals surface area contributed by atoms with Crippen LogP contribution in [0.4, 0.5) is 5.69 Å². The van der Waals surface area contributed by atoms with Crippen molar-refractivity contribution in [2.24, 2.45) is 0 Å². The van der Waals surface area contributed by atoms with Gasteiger partial charge in [0.25, 0.3) is 5.91 Å². The van der Waals surface area contributed by atoms with Gasteiger partial charge in [0.1, 0.15) is 12.9 Å². The number of hydrogen-bond donors (Lipinski definition) is 2. The lowest BCUT2D eigenvalue weighted by molar-refractivity contribution is 0.102. The minimum absolute atomic E-state index is 0.0148. The minimum Gasteiger partial charge on any atom is -0.319 e. The summed E-state index contributed by atoms with van der Waals surface area (Å²) < 4.78 is 2.12. The van der Waals surface area contributed by atoms with Crippen molar-refractivity contribution in [1.29, 1.82) is 0 Å². The molecule has 1 N–H and O–H groups in total. The van der Waals surface area contributed by atoms with Crippen molar-refractivity contribution < 1.29 is 4.79 Å². The average molecular weight is 326 g/mol. The molecule has 0 saturated carbocycles. The Morgan fingerprint density at radius 3 is 2.91 bits per heavy atom. The van der Waals surface area contributed by atoms with E-state index in [1.54, 1.807) is 24.3 Å². The summed E-state index contributed by atoms with van der Waals surface area (Å²) in [6.45, 7) is -0.0193. The maximum absolute atomic E-state index is 12.3. The number of para-hydroxylation sites is 1. The Morgan fingerprint density at radius 1 is 1.39 bits per heavy atom. The van der Waals surface area contributed by atoms with Crippen LogP contribution in [0.1, 0.15) is 10.5 Å². The predicted molar refractivity (Wildman–Crippen MR) is 85.5 cm³/mol. The molecule has 8 nitrogen and oxygen atoms in total. The Bertz CT molecular complexity index is 1000. The Hall–Kier alpha value is -3.12. The van der Waals surface area contributed by atoms with E-state index in [2.05, 4.69) is 39.2 Å². The van der Waals surface area contributed by atoms with Crippen LogP contribution in [0.25, 0.3) is 5.65 Å². The third kappa shape index (κ3) is 2.67. The second kappa shape index (κ2) is 5.94. The summed E-state index contributed by atoms with van der Waals surface area (Å²) in [5, 5.41) is 10.2. The molecule has 1 aromatic carbocycles. The number of amides is 1. The largest absolute Gasteiger partial charge is 0.353 e. The summed E-state index contributed by atoms with van der Waals surface area (Å²) in [5.41, 5.74) is 0.0428. The molecule has 23 heavy (non-hydrogen) atoms. The third-order valence-electron chi connectivity index (χ3n) is 3.02. The van der Waals surface area contributed by atoms with Crippen LogP contribution in [-0.4, -0.2) is 30.3 Å². The zero-order valence-corrected chi connectivity index (χ0v) is 12.6. The Kier molecular flexibility index (Phi) is 3.82. The highest BCUT2D eigenvalue weighted by molar-refractivity contribution is 7.80. The molecule has 0 spiro atoms. The number of benzene rings is 1. The van der Waals surface area contributed by atoms with Gasteiger partial charge in [0.15, 0.2) is 11.3 Å². The van der Waals surface area contributed by atoms with Gasteiger partial charge in [0.2, 0.25) is 0 Å². The summed E-state index contributed by atoms with van der Waals surface area (Å²) in [7, 11) is 0. The highest BCUT2D eigenvalue weighted by Gasteiger charge is 2.18. The maximum atomic E-state index is 12.3. The molecule has 3 aromatic rings. The second-order valence-electron chi connectivity index (χ2n) is 4.49. The van der Waals surface area contributed by atoms with Gasteiger partial charge < -0.3 is 5.32 Å². The van der Waals surface area contributed by atoms with Crippen LogP contribution in [0.5, 0.6) is 0 Å². The summed E-state index contributed by atoms with van der Waals surface area (Å²) in [4.78, 5) is 29.0. The van der Waals surface area contributed by atoms with E-state index in [-0.39, 0.29) is 17.9 Å². The first-order valence-corrected chi connectivity index (χ1v) is 6.90. The van der Waals surface area contributed by atoms with Crippen LogP contribution in [0.3, 0.4) is 0 Å². The van der Waals surface area contributed by atoms with E-state index in [0.717, 1.165) is 9.08 Å². The van der Waals surface area contributed by atoms with Crippen LogP contribution in [0, 0.1) is 12.3 Å². The lowest BCUT2D eigenvalue weighted by Gasteiger charge is -2.05. The van der Waals surface area contributed by atoms with Crippen LogP contribution in [0.2, 0.25) is 0 Å². The zero-order valence-electron chi connectivity index (χ0n) is 11.7. The molecule has 9 heteroatoms. The number of thiol groups is 1. The third-order valence-corrected chi connectivity index (χ3v) is 3.41. The van der Waals surface area contributed by atoms with Crippen molar-refractivity contribution in [3.63, 3.8) is 0 Å².